The smallest absolute Gasteiger partial charge is 0.207 e. The first kappa shape index (κ1) is 12.5. The molecule has 0 bridgehead atoms. The van der Waals surface area contributed by atoms with Crippen LogP contribution in [0, 0.1) is 17.7 Å². The summed E-state index contributed by atoms with van der Waals surface area (Å²) in [4.78, 5) is 0. The molecule has 2 aromatic carbocycles. The number of hydrogen-bond acceptors (Lipinski definition) is 0. The van der Waals surface area contributed by atoms with E-state index in [1.165, 1.54) is 6.07 Å². The van der Waals surface area contributed by atoms with Gasteiger partial charge >= 0.3 is 6.18 Å². The first-order chi connectivity index (χ1) is 8.39. The molecule has 1 radical (unpaired) electrons. The molecule has 93 valence electrons. The van der Waals surface area contributed by atoms with Crippen LogP contribution in [0.4, 0.5) is 22.0 Å². The Kier molecular flexibility index (Phi) is 3.07. The van der Waals surface area contributed by atoms with Crippen molar-refractivity contribution in [2.75, 3.05) is 0 Å². The van der Waals surface area contributed by atoms with Gasteiger partial charge in [-0.05, 0) is 23.8 Å². The highest BCUT2D eigenvalue weighted by molar-refractivity contribution is 5.68. The molecule has 5 heteroatoms. The molecule has 0 aliphatic carbocycles. The van der Waals surface area contributed by atoms with E-state index in [0.717, 1.165) is 24.3 Å². The van der Waals surface area contributed by atoms with Gasteiger partial charge < -0.3 is 0 Å². The summed E-state index contributed by atoms with van der Waals surface area (Å²) in [6.07, 6.45) is -4.64. The minimum Gasteiger partial charge on any atom is -0.207 e. The van der Waals surface area contributed by atoms with Gasteiger partial charge in [-0.15, -0.1) is 0 Å². The fourth-order valence-corrected chi connectivity index (χ4v) is 1.60. The molecule has 0 saturated heterocycles. The van der Waals surface area contributed by atoms with Crippen molar-refractivity contribution in [3.8, 4) is 11.1 Å². The zero-order valence-electron chi connectivity index (χ0n) is 8.85. The fourth-order valence-electron chi connectivity index (χ4n) is 1.60. The van der Waals surface area contributed by atoms with Gasteiger partial charge in [-0.2, -0.15) is 13.2 Å². The van der Waals surface area contributed by atoms with E-state index in [0.29, 0.717) is 6.07 Å². The predicted molar refractivity (Wildman–Crippen MR) is 55.6 cm³/mol. The van der Waals surface area contributed by atoms with Crippen molar-refractivity contribution in [2.24, 2.45) is 0 Å². The third-order valence-electron chi connectivity index (χ3n) is 2.36. The van der Waals surface area contributed by atoms with Gasteiger partial charge in [0.25, 0.3) is 0 Å². The minimum absolute atomic E-state index is 0.305. The van der Waals surface area contributed by atoms with Crippen molar-refractivity contribution in [1.82, 2.24) is 0 Å². The Labute approximate surface area is 99.7 Å². The van der Waals surface area contributed by atoms with Crippen LogP contribution in [0.25, 0.3) is 11.1 Å². The molecule has 0 unspecified atom stereocenters. The standard InChI is InChI=1S/C13H6F5/c14-8-5-6-10(12(15)7-8)9-3-1-2-4-11(9)13(16,17)18/h1-3,5-7H. The molecule has 0 nitrogen and oxygen atoms in total. The van der Waals surface area contributed by atoms with Gasteiger partial charge in [-0.1, -0.05) is 18.2 Å². The first-order valence-corrected chi connectivity index (χ1v) is 4.93. The van der Waals surface area contributed by atoms with Crippen LogP contribution in [0.3, 0.4) is 0 Å². The summed E-state index contributed by atoms with van der Waals surface area (Å²) in [5.74, 6) is -1.88. The van der Waals surface area contributed by atoms with E-state index >= 15 is 0 Å². The molecule has 2 aromatic rings. The van der Waals surface area contributed by atoms with E-state index < -0.39 is 23.4 Å². The molecule has 0 fully saturated rings. The summed E-state index contributed by atoms with van der Waals surface area (Å²) in [5, 5.41) is 0. The summed E-state index contributed by atoms with van der Waals surface area (Å²) in [6.45, 7) is 0. The predicted octanol–water partition coefficient (Wildman–Crippen LogP) is 4.45. The lowest BCUT2D eigenvalue weighted by molar-refractivity contribution is -0.137. The molecule has 0 aliphatic heterocycles. The van der Waals surface area contributed by atoms with E-state index in [1.807, 2.05) is 6.07 Å². The number of alkyl halides is 3. The highest BCUT2D eigenvalue weighted by Gasteiger charge is 2.34. The zero-order valence-corrected chi connectivity index (χ0v) is 8.85. The minimum atomic E-state index is -4.64. The molecule has 0 heterocycles. The normalized spacial score (nSPS) is 11.6. The molecule has 2 rings (SSSR count). The van der Waals surface area contributed by atoms with Gasteiger partial charge in [0.05, 0.1) is 5.56 Å². The Hall–Kier alpha value is -1.91. The molecule has 0 aliphatic rings. The summed E-state index contributed by atoms with van der Waals surface area (Å²) in [6, 6.07) is 7.98. The molecule has 0 aromatic heterocycles. The lowest BCUT2D eigenvalue weighted by Crippen LogP contribution is -2.07. The van der Waals surface area contributed by atoms with Crippen LogP contribution in [0.5, 0.6) is 0 Å². The van der Waals surface area contributed by atoms with Crippen molar-refractivity contribution in [3.05, 3.63) is 59.7 Å². The quantitative estimate of drug-likeness (QED) is 0.662. The maximum Gasteiger partial charge on any atom is 0.417 e. The van der Waals surface area contributed by atoms with Gasteiger partial charge in [-0.3, -0.25) is 0 Å². The van der Waals surface area contributed by atoms with Crippen molar-refractivity contribution < 1.29 is 22.0 Å². The van der Waals surface area contributed by atoms with E-state index in [-0.39, 0.29) is 11.1 Å². The molecule has 0 amide bonds. The molecule has 18 heavy (non-hydrogen) atoms. The SMILES string of the molecule is Fc1ccc(-c2ccc[c]c2C(F)(F)F)c(F)c1. The Morgan fingerprint density at radius 3 is 2.28 bits per heavy atom. The van der Waals surface area contributed by atoms with E-state index in [1.54, 1.807) is 0 Å². The van der Waals surface area contributed by atoms with Gasteiger partial charge in [0.2, 0.25) is 0 Å². The van der Waals surface area contributed by atoms with Gasteiger partial charge in [0.15, 0.2) is 0 Å². The van der Waals surface area contributed by atoms with Crippen molar-refractivity contribution in [2.45, 2.75) is 6.18 Å². The van der Waals surface area contributed by atoms with Gasteiger partial charge in [0, 0.05) is 11.6 Å². The molecular formula is C13H6F5. The van der Waals surface area contributed by atoms with Crippen molar-refractivity contribution in [1.29, 1.82) is 0 Å². The summed E-state index contributed by atoms with van der Waals surface area (Å²) in [5.41, 5.74) is -1.74. The van der Waals surface area contributed by atoms with Crippen molar-refractivity contribution >= 4 is 0 Å². The Balaban J connectivity index is 2.64. The summed E-state index contributed by atoms with van der Waals surface area (Å²) >= 11 is 0. The lowest BCUT2D eigenvalue weighted by atomic mass is 9.99. The Morgan fingerprint density at radius 2 is 1.67 bits per heavy atom. The summed E-state index contributed by atoms with van der Waals surface area (Å²) < 4.78 is 64.4. The lowest BCUT2D eigenvalue weighted by Gasteiger charge is -2.12. The molecule has 0 saturated carbocycles. The molecular weight excluding hydrogens is 251 g/mol. The second kappa shape index (κ2) is 4.40. The van der Waals surface area contributed by atoms with E-state index in [2.05, 4.69) is 0 Å². The average Bonchev–Trinajstić information content (AvgIpc) is 2.28. The van der Waals surface area contributed by atoms with Gasteiger partial charge in [0.1, 0.15) is 11.6 Å². The summed E-state index contributed by atoms with van der Waals surface area (Å²) in [7, 11) is 0. The number of benzene rings is 2. The number of hydrogen-bond donors (Lipinski definition) is 0. The monoisotopic (exact) mass is 257 g/mol. The van der Waals surface area contributed by atoms with Crippen molar-refractivity contribution in [3.63, 3.8) is 0 Å². The Bertz CT molecular complexity index is 572. The third-order valence-corrected chi connectivity index (χ3v) is 2.36. The number of rotatable bonds is 1. The maximum atomic E-state index is 13.5. The first-order valence-electron chi connectivity index (χ1n) is 4.93. The second-order valence-corrected chi connectivity index (χ2v) is 3.58. The highest BCUT2D eigenvalue weighted by Crippen LogP contribution is 2.37. The zero-order chi connectivity index (χ0) is 13.3. The largest absolute Gasteiger partial charge is 0.417 e. The molecule has 0 spiro atoms. The molecule has 0 N–H and O–H groups in total. The third kappa shape index (κ3) is 2.34. The van der Waals surface area contributed by atoms with Gasteiger partial charge in [-0.25, -0.2) is 8.78 Å². The molecule has 0 atom stereocenters. The van der Waals surface area contributed by atoms with Crippen LogP contribution in [0.2, 0.25) is 0 Å². The van der Waals surface area contributed by atoms with Crippen LogP contribution in [-0.2, 0) is 6.18 Å². The highest BCUT2D eigenvalue weighted by atomic mass is 19.4. The van der Waals surface area contributed by atoms with E-state index in [9.17, 15) is 22.0 Å². The van der Waals surface area contributed by atoms with Crippen LogP contribution in [0.15, 0.2) is 36.4 Å². The van der Waals surface area contributed by atoms with Crippen LogP contribution >= 0.6 is 0 Å². The van der Waals surface area contributed by atoms with E-state index in [4.69, 9.17) is 0 Å². The topological polar surface area (TPSA) is 0 Å². The second-order valence-electron chi connectivity index (χ2n) is 3.58. The van der Waals surface area contributed by atoms with Crippen LogP contribution in [0.1, 0.15) is 5.56 Å². The average molecular weight is 257 g/mol. The Morgan fingerprint density at radius 1 is 0.944 bits per heavy atom. The maximum absolute atomic E-state index is 13.5. The number of halogens is 5. The van der Waals surface area contributed by atoms with Crippen LogP contribution in [-0.4, -0.2) is 0 Å². The van der Waals surface area contributed by atoms with Crippen LogP contribution < -0.4 is 0 Å². The fraction of sp³-hybridized carbons (Fsp3) is 0.0769.